The lowest BCUT2D eigenvalue weighted by Gasteiger charge is -2.12. The fraction of sp³-hybridized carbons (Fsp3) is 0.143. The van der Waals surface area contributed by atoms with E-state index < -0.39 is 13.4 Å². The average Bonchev–Trinajstić information content (AvgIpc) is 2.03. The Bertz CT molecular complexity index is 295. The molecule has 1 aromatic carbocycles. The van der Waals surface area contributed by atoms with Crippen molar-refractivity contribution >= 4 is 7.60 Å². The normalized spacial score (nSPS) is 14.2. The first-order valence-corrected chi connectivity index (χ1v) is 5.06. The zero-order valence-corrected chi connectivity index (χ0v) is 7.19. The molecule has 0 spiro atoms. The quantitative estimate of drug-likeness (QED) is 0.598. The topological polar surface area (TPSA) is 83.6 Å². The lowest BCUT2D eigenvalue weighted by molar-refractivity contribution is 0.359. The first-order chi connectivity index (χ1) is 5.52. The van der Waals surface area contributed by atoms with Crippen molar-refractivity contribution in [3.8, 4) is 0 Å². The van der Waals surface area contributed by atoms with Crippen molar-refractivity contribution in [1.82, 2.24) is 0 Å². The Morgan fingerprint density at radius 2 is 1.75 bits per heavy atom. The van der Waals surface area contributed by atoms with Crippen molar-refractivity contribution in [3.05, 3.63) is 35.9 Å². The van der Waals surface area contributed by atoms with Crippen LogP contribution in [0.1, 0.15) is 11.3 Å². The van der Waals surface area contributed by atoms with Gasteiger partial charge in [-0.2, -0.15) is 0 Å². The van der Waals surface area contributed by atoms with E-state index in [2.05, 4.69) is 0 Å². The Morgan fingerprint density at radius 1 is 1.25 bits per heavy atom. The van der Waals surface area contributed by atoms with E-state index in [0.29, 0.717) is 5.56 Å². The Morgan fingerprint density at radius 3 is 2.17 bits per heavy atom. The summed E-state index contributed by atoms with van der Waals surface area (Å²) in [5.74, 6) is -1.21. The van der Waals surface area contributed by atoms with Gasteiger partial charge >= 0.3 is 7.60 Å². The van der Waals surface area contributed by atoms with Crippen LogP contribution in [0.4, 0.5) is 0 Å². The van der Waals surface area contributed by atoms with Crippen LogP contribution in [-0.4, -0.2) is 9.79 Å². The minimum atomic E-state index is -4.20. The van der Waals surface area contributed by atoms with E-state index in [4.69, 9.17) is 15.5 Å². The third kappa shape index (κ3) is 2.16. The van der Waals surface area contributed by atoms with Gasteiger partial charge in [0.15, 0.2) is 0 Å². The van der Waals surface area contributed by atoms with Crippen LogP contribution in [0.25, 0.3) is 0 Å². The molecule has 12 heavy (non-hydrogen) atoms. The molecular weight excluding hydrogens is 177 g/mol. The SMILES string of the molecule is N[C@@H](c1ccccc1)P(=O)(O)O. The maximum absolute atomic E-state index is 10.7. The molecule has 0 saturated heterocycles. The molecule has 1 atom stereocenters. The van der Waals surface area contributed by atoms with Crippen LogP contribution in [0.2, 0.25) is 0 Å². The number of nitrogens with two attached hydrogens (primary N) is 1. The zero-order valence-electron chi connectivity index (χ0n) is 6.29. The van der Waals surface area contributed by atoms with Crippen molar-refractivity contribution in [1.29, 1.82) is 0 Å². The molecule has 1 rings (SSSR count). The molecule has 1 aromatic rings. The minimum Gasteiger partial charge on any atom is -0.323 e. The lowest BCUT2D eigenvalue weighted by atomic mass is 10.2. The van der Waals surface area contributed by atoms with Gasteiger partial charge in [0, 0.05) is 0 Å². The Hall–Kier alpha value is -0.670. The largest absolute Gasteiger partial charge is 0.346 e. The van der Waals surface area contributed by atoms with E-state index in [0.717, 1.165) is 0 Å². The molecule has 66 valence electrons. The second kappa shape index (κ2) is 3.37. The fourth-order valence-electron chi connectivity index (χ4n) is 0.844. The van der Waals surface area contributed by atoms with Gasteiger partial charge in [-0.3, -0.25) is 4.57 Å². The number of hydrogen-bond acceptors (Lipinski definition) is 2. The molecule has 0 fully saturated rings. The van der Waals surface area contributed by atoms with Crippen LogP contribution < -0.4 is 5.73 Å². The van der Waals surface area contributed by atoms with E-state index in [1.165, 1.54) is 0 Å². The highest BCUT2D eigenvalue weighted by Gasteiger charge is 2.25. The molecule has 0 unspecified atom stereocenters. The summed E-state index contributed by atoms with van der Waals surface area (Å²) < 4.78 is 10.7. The molecule has 0 aliphatic heterocycles. The summed E-state index contributed by atoms with van der Waals surface area (Å²) in [6, 6.07) is 8.30. The summed E-state index contributed by atoms with van der Waals surface area (Å²) in [7, 11) is -4.20. The van der Waals surface area contributed by atoms with E-state index in [1.54, 1.807) is 30.3 Å². The number of rotatable bonds is 2. The van der Waals surface area contributed by atoms with Gasteiger partial charge in [-0.25, -0.2) is 0 Å². The van der Waals surface area contributed by atoms with Crippen molar-refractivity contribution in [2.75, 3.05) is 0 Å². The molecule has 0 aliphatic rings. The molecule has 0 bridgehead atoms. The molecule has 0 saturated carbocycles. The average molecular weight is 187 g/mol. The van der Waals surface area contributed by atoms with Crippen LogP contribution in [0, 0.1) is 0 Å². The first kappa shape index (κ1) is 9.42. The van der Waals surface area contributed by atoms with Crippen LogP contribution in [-0.2, 0) is 4.57 Å². The van der Waals surface area contributed by atoms with Crippen LogP contribution in [0.15, 0.2) is 30.3 Å². The highest BCUT2D eigenvalue weighted by atomic mass is 31.2. The predicted octanol–water partition coefficient (Wildman–Crippen LogP) is 0.822. The molecule has 4 nitrogen and oxygen atoms in total. The molecule has 0 amide bonds. The molecule has 5 heteroatoms. The zero-order chi connectivity index (χ0) is 9.19. The summed E-state index contributed by atoms with van der Waals surface area (Å²) >= 11 is 0. The second-order valence-corrected chi connectivity index (χ2v) is 4.18. The van der Waals surface area contributed by atoms with Gasteiger partial charge in [-0.05, 0) is 5.56 Å². The molecule has 0 aromatic heterocycles. The van der Waals surface area contributed by atoms with Crippen LogP contribution in [0.3, 0.4) is 0 Å². The Balaban J connectivity index is 2.94. The minimum absolute atomic E-state index is 0.450. The maximum Gasteiger partial charge on any atom is 0.346 e. The predicted molar refractivity (Wildman–Crippen MR) is 45.4 cm³/mol. The lowest BCUT2D eigenvalue weighted by Crippen LogP contribution is -2.10. The third-order valence-electron chi connectivity index (χ3n) is 1.50. The van der Waals surface area contributed by atoms with Crippen molar-refractivity contribution in [2.45, 2.75) is 5.78 Å². The second-order valence-electron chi connectivity index (χ2n) is 2.44. The summed E-state index contributed by atoms with van der Waals surface area (Å²) in [5, 5.41) is 0. The first-order valence-electron chi connectivity index (χ1n) is 3.37. The highest BCUT2D eigenvalue weighted by molar-refractivity contribution is 7.52. The van der Waals surface area contributed by atoms with Gasteiger partial charge in [0.1, 0.15) is 5.78 Å². The Kier molecular flexibility index (Phi) is 2.65. The molecule has 4 N–H and O–H groups in total. The maximum atomic E-state index is 10.7. The van der Waals surface area contributed by atoms with Crippen LogP contribution >= 0.6 is 7.60 Å². The third-order valence-corrected chi connectivity index (χ3v) is 2.53. The van der Waals surface area contributed by atoms with Crippen molar-refractivity contribution in [2.24, 2.45) is 5.73 Å². The summed E-state index contributed by atoms with van der Waals surface area (Å²) in [4.78, 5) is 17.5. The molecule has 0 radical (unpaired) electrons. The van der Waals surface area contributed by atoms with E-state index >= 15 is 0 Å². The summed E-state index contributed by atoms with van der Waals surface area (Å²) in [6.07, 6.45) is 0. The van der Waals surface area contributed by atoms with E-state index in [9.17, 15) is 4.57 Å². The van der Waals surface area contributed by atoms with Gasteiger partial charge in [0.2, 0.25) is 0 Å². The standard InChI is InChI=1S/C7H10NO3P/c8-7(12(9,10)11)6-4-2-1-3-5-6/h1-5,7H,8H2,(H2,9,10,11)/t7-/m1/s1. The monoisotopic (exact) mass is 187 g/mol. The van der Waals surface area contributed by atoms with Gasteiger partial charge in [0.05, 0.1) is 0 Å². The van der Waals surface area contributed by atoms with Crippen LogP contribution in [0.5, 0.6) is 0 Å². The van der Waals surface area contributed by atoms with Gasteiger partial charge in [-0.1, -0.05) is 30.3 Å². The number of hydrogen-bond donors (Lipinski definition) is 3. The fourth-order valence-corrected chi connectivity index (χ4v) is 1.40. The van der Waals surface area contributed by atoms with Gasteiger partial charge in [0.25, 0.3) is 0 Å². The highest BCUT2D eigenvalue weighted by Crippen LogP contribution is 2.47. The van der Waals surface area contributed by atoms with Crippen molar-refractivity contribution in [3.63, 3.8) is 0 Å². The van der Waals surface area contributed by atoms with E-state index in [-0.39, 0.29) is 0 Å². The van der Waals surface area contributed by atoms with Gasteiger partial charge < -0.3 is 15.5 Å². The summed E-state index contributed by atoms with van der Waals surface area (Å²) in [6.45, 7) is 0. The molecule has 0 heterocycles. The smallest absolute Gasteiger partial charge is 0.323 e. The molecular formula is C7H10NO3P. The summed E-state index contributed by atoms with van der Waals surface area (Å²) in [5.41, 5.74) is 5.76. The van der Waals surface area contributed by atoms with Crippen molar-refractivity contribution < 1.29 is 14.4 Å². The molecule has 0 aliphatic carbocycles. The van der Waals surface area contributed by atoms with Gasteiger partial charge in [-0.15, -0.1) is 0 Å². The Labute approximate surface area is 70.2 Å². The van der Waals surface area contributed by atoms with E-state index in [1.807, 2.05) is 0 Å². The number of benzene rings is 1.